The van der Waals surface area contributed by atoms with Gasteiger partial charge in [0.1, 0.15) is 5.82 Å². The van der Waals surface area contributed by atoms with Gasteiger partial charge in [-0.15, -0.1) is 11.6 Å². The van der Waals surface area contributed by atoms with Gasteiger partial charge in [0.05, 0.1) is 0 Å². The third kappa shape index (κ3) is 2.24. The highest BCUT2D eigenvalue weighted by molar-refractivity contribution is 6.17. The van der Waals surface area contributed by atoms with Gasteiger partial charge in [-0.2, -0.15) is 13.2 Å². The standard InChI is InChI=1S/C7H6ClF3N2/c8-3-4-1-2-5(12)13-6(4)7(9,10)11/h1-2H,3H2,(H2,12,13). The lowest BCUT2D eigenvalue weighted by Gasteiger charge is -2.09. The number of hydrogen-bond acceptors (Lipinski definition) is 2. The van der Waals surface area contributed by atoms with Crippen molar-refractivity contribution < 1.29 is 13.2 Å². The van der Waals surface area contributed by atoms with Crippen LogP contribution in [0.25, 0.3) is 0 Å². The lowest BCUT2D eigenvalue weighted by atomic mass is 10.2. The molecule has 1 aromatic heterocycles. The lowest BCUT2D eigenvalue weighted by molar-refractivity contribution is -0.141. The minimum absolute atomic E-state index is 0.0663. The zero-order valence-corrected chi connectivity index (χ0v) is 7.15. The maximum absolute atomic E-state index is 12.2. The van der Waals surface area contributed by atoms with Crippen LogP contribution in [0.15, 0.2) is 12.1 Å². The summed E-state index contributed by atoms with van der Waals surface area (Å²) in [6, 6.07) is 2.51. The van der Waals surface area contributed by atoms with E-state index in [2.05, 4.69) is 4.98 Å². The molecule has 2 N–H and O–H groups in total. The van der Waals surface area contributed by atoms with Gasteiger partial charge in [0.2, 0.25) is 0 Å². The van der Waals surface area contributed by atoms with E-state index in [9.17, 15) is 13.2 Å². The molecule has 72 valence electrons. The summed E-state index contributed by atoms with van der Waals surface area (Å²) in [6.07, 6.45) is -4.50. The molecule has 13 heavy (non-hydrogen) atoms. The van der Waals surface area contributed by atoms with E-state index in [1.54, 1.807) is 0 Å². The molecule has 0 atom stereocenters. The Labute approximate surface area is 77.5 Å². The molecule has 6 heteroatoms. The molecule has 0 fully saturated rings. The van der Waals surface area contributed by atoms with Crippen molar-refractivity contribution in [3.63, 3.8) is 0 Å². The van der Waals surface area contributed by atoms with Gasteiger partial charge in [-0.3, -0.25) is 0 Å². The highest BCUT2D eigenvalue weighted by Gasteiger charge is 2.35. The molecular weight excluding hydrogens is 205 g/mol. The first-order valence-corrected chi connectivity index (χ1v) is 3.87. The van der Waals surface area contributed by atoms with Gasteiger partial charge in [-0.05, 0) is 11.6 Å². The summed E-state index contributed by atoms with van der Waals surface area (Å²) in [5, 5.41) is 0. The number of aromatic nitrogens is 1. The number of nitrogen functional groups attached to an aromatic ring is 1. The Morgan fingerprint density at radius 1 is 1.38 bits per heavy atom. The third-order valence-electron chi connectivity index (χ3n) is 1.41. The van der Waals surface area contributed by atoms with Gasteiger partial charge in [0.25, 0.3) is 0 Å². The Hall–Kier alpha value is -0.970. The molecule has 1 rings (SSSR count). The number of alkyl halides is 4. The molecular formula is C7H6ClF3N2. The molecule has 0 aliphatic carbocycles. The van der Waals surface area contributed by atoms with Crippen LogP contribution in [0.4, 0.5) is 19.0 Å². The molecule has 1 aromatic rings. The van der Waals surface area contributed by atoms with E-state index in [-0.39, 0.29) is 17.3 Å². The molecule has 0 radical (unpaired) electrons. The summed E-state index contributed by atoms with van der Waals surface area (Å²) >= 11 is 5.31. The van der Waals surface area contributed by atoms with Crippen molar-refractivity contribution >= 4 is 17.4 Å². The molecule has 0 unspecified atom stereocenters. The van der Waals surface area contributed by atoms with E-state index >= 15 is 0 Å². The van der Waals surface area contributed by atoms with Gasteiger partial charge in [0.15, 0.2) is 5.69 Å². The van der Waals surface area contributed by atoms with Crippen LogP contribution in [-0.4, -0.2) is 4.98 Å². The van der Waals surface area contributed by atoms with E-state index < -0.39 is 11.9 Å². The molecule has 1 heterocycles. The fourth-order valence-electron chi connectivity index (χ4n) is 0.856. The Balaban J connectivity index is 3.24. The molecule has 0 aliphatic heterocycles. The van der Waals surface area contributed by atoms with Crippen LogP contribution in [0.1, 0.15) is 11.3 Å². The monoisotopic (exact) mass is 210 g/mol. The number of pyridine rings is 1. The van der Waals surface area contributed by atoms with Gasteiger partial charge >= 0.3 is 6.18 Å². The van der Waals surface area contributed by atoms with E-state index in [0.29, 0.717) is 0 Å². The van der Waals surface area contributed by atoms with Crippen LogP contribution in [0.3, 0.4) is 0 Å². The number of anilines is 1. The quantitative estimate of drug-likeness (QED) is 0.723. The fraction of sp³-hybridized carbons (Fsp3) is 0.286. The van der Waals surface area contributed by atoms with Crippen molar-refractivity contribution in [2.45, 2.75) is 12.1 Å². The zero-order chi connectivity index (χ0) is 10.1. The van der Waals surface area contributed by atoms with E-state index in [4.69, 9.17) is 17.3 Å². The first-order valence-electron chi connectivity index (χ1n) is 3.33. The number of halogens is 4. The Morgan fingerprint density at radius 3 is 2.46 bits per heavy atom. The summed E-state index contributed by atoms with van der Waals surface area (Å²) in [4.78, 5) is 3.18. The van der Waals surface area contributed by atoms with Crippen LogP contribution >= 0.6 is 11.6 Å². The SMILES string of the molecule is Nc1ccc(CCl)c(C(F)(F)F)n1. The summed E-state index contributed by atoms with van der Waals surface area (Å²) in [7, 11) is 0. The average Bonchev–Trinajstić information content (AvgIpc) is 2.03. The lowest BCUT2D eigenvalue weighted by Crippen LogP contribution is -2.12. The van der Waals surface area contributed by atoms with Crippen molar-refractivity contribution in [1.29, 1.82) is 0 Å². The molecule has 0 spiro atoms. The van der Waals surface area contributed by atoms with E-state index in [1.807, 2.05) is 0 Å². The average molecular weight is 211 g/mol. The van der Waals surface area contributed by atoms with Gasteiger partial charge in [-0.25, -0.2) is 4.98 Å². The van der Waals surface area contributed by atoms with Crippen LogP contribution < -0.4 is 5.73 Å². The Bertz CT molecular complexity index is 311. The molecule has 0 saturated heterocycles. The molecule has 0 amide bonds. The fourth-order valence-corrected chi connectivity index (χ4v) is 1.07. The highest BCUT2D eigenvalue weighted by Crippen LogP contribution is 2.31. The topological polar surface area (TPSA) is 38.9 Å². The predicted octanol–water partition coefficient (Wildman–Crippen LogP) is 2.42. The second-order valence-corrected chi connectivity index (χ2v) is 2.64. The van der Waals surface area contributed by atoms with Gasteiger partial charge in [0, 0.05) is 5.88 Å². The van der Waals surface area contributed by atoms with Crippen molar-refractivity contribution in [2.24, 2.45) is 0 Å². The van der Waals surface area contributed by atoms with Gasteiger partial charge < -0.3 is 5.73 Å². The van der Waals surface area contributed by atoms with E-state index in [1.165, 1.54) is 12.1 Å². The zero-order valence-electron chi connectivity index (χ0n) is 6.40. The molecule has 0 bridgehead atoms. The first-order chi connectivity index (χ1) is 5.95. The summed E-state index contributed by atoms with van der Waals surface area (Å²) in [5.74, 6) is -0.400. The Morgan fingerprint density at radius 2 is 2.00 bits per heavy atom. The van der Waals surface area contributed by atoms with E-state index in [0.717, 1.165) is 0 Å². The largest absolute Gasteiger partial charge is 0.433 e. The third-order valence-corrected chi connectivity index (χ3v) is 1.70. The maximum atomic E-state index is 12.2. The van der Waals surface area contributed by atoms with Crippen LogP contribution in [0.2, 0.25) is 0 Å². The summed E-state index contributed by atoms with van der Waals surface area (Å²) in [6.45, 7) is 0. The van der Waals surface area contributed by atoms with Crippen LogP contribution in [0.5, 0.6) is 0 Å². The van der Waals surface area contributed by atoms with Crippen LogP contribution in [-0.2, 0) is 12.1 Å². The molecule has 2 nitrogen and oxygen atoms in total. The van der Waals surface area contributed by atoms with Gasteiger partial charge in [-0.1, -0.05) is 6.07 Å². The number of nitrogens with zero attached hydrogens (tertiary/aromatic N) is 1. The van der Waals surface area contributed by atoms with Crippen LogP contribution in [0, 0.1) is 0 Å². The molecule has 0 saturated carbocycles. The number of rotatable bonds is 1. The molecule has 0 aromatic carbocycles. The summed E-state index contributed by atoms with van der Waals surface area (Å²) in [5.41, 5.74) is 4.05. The second kappa shape index (κ2) is 3.41. The minimum Gasteiger partial charge on any atom is -0.384 e. The second-order valence-electron chi connectivity index (χ2n) is 2.38. The highest BCUT2D eigenvalue weighted by atomic mass is 35.5. The Kier molecular flexibility index (Phi) is 2.66. The van der Waals surface area contributed by atoms with Crippen molar-refractivity contribution in [3.8, 4) is 0 Å². The number of hydrogen-bond donors (Lipinski definition) is 1. The maximum Gasteiger partial charge on any atom is 0.433 e. The smallest absolute Gasteiger partial charge is 0.384 e. The number of nitrogens with two attached hydrogens (primary N) is 1. The van der Waals surface area contributed by atoms with Crippen molar-refractivity contribution in [1.82, 2.24) is 4.98 Å². The summed E-state index contributed by atoms with van der Waals surface area (Å²) < 4.78 is 36.7. The molecule has 0 aliphatic rings. The van der Waals surface area contributed by atoms with Crippen molar-refractivity contribution in [2.75, 3.05) is 5.73 Å². The predicted molar refractivity (Wildman–Crippen MR) is 43.2 cm³/mol. The minimum atomic E-state index is -4.50. The van der Waals surface area contributed by atoms with Crippen molar-refractivity contribution in [3.05, 3.63) is 23.4 Å². The first kappa shape index (κ1) is 10.1. The normalized spacial score (nSPS) is 11.7.